The van der Waals surface area contributed by atoms with E-state index in [-0.39, 0.29) is 18.3 Å². The number of benzene rings is 1. The molecule has 136 valence electrons. The highest BCUT2D eigenvalue weighted by molar-refractivity contribution is 5.85. The molecule has 2 atom stereocenters. The van der Waals surface area contributed by atoms with Crippen molar-refractivity contribution in [2.75, 3.05) is 20.2 Å². The third-order valence-electron chi connectivity index (χ3n) is 4.70. The predicted octanol–water partition coefficient (Wildman–Crippen LogP) is 3.33. The lowest BCUT2D eigenvalue weighted by Crippen LogP contribution is -2.50. The van der Waals surface area contributed by atoms with Gasteiger partial charge < -0.3 is 15.4 Å². The molecule has 2 N–H and O–H groups in total. The van der Waals surface area contributed by atoms with Crippen molar-refractivity contribution in [3.63, 3.8) is 0 Å². The van der Waals surface area contributed by atoms with Crippen LogP contribution in [0.4, 0.5) is 0 Å². The molecule has 1 heterocycles. The number of carbonyl (C=O) groups excluding carboxylic acids is 1. The van der Waals surface area contributed by atoms with Crippen molar-refractivity contribution in [3.8, 4) is 5.75 Å². The van der Waals surface area contributed by atoms with Crippen LogP contribution >= 0.6 is 12.4 Å². The third kappa shape index (κ3) is 7.10. The van der Waals surface area contributed by atoms with Crippen molar-refractivity contribution < 1.29 is 9.53 Å². The van der Waals surface area contributed by atoms with Gasteiger partial charge in [0.05, 0.1) is 7.11 Å². The molecule has 24 heavy (non-hydrogen) atoms. The zero-order valence-corrected chi connectivity index (χ0v) is 15.7. The molecule has 2 rings (SSSR count). The number of methoxy groups -OCH3 is 1. The second kappa shape index (κ2) is 11.3. The van der Waals surface area contributed by atoms with Gasteiger partial charge in [-0.25, -0.2) is 0 Å². The Balaban J connectivity index is 0.00000288. The highest BCUT2D eigenvalue weighted by Gasteiger charge is 2.22. The SMILES string of the molecule is COc1ccc(CCCCCC(=O)NC2CNCCC2C)cc1.Cl. The Morgan fingerprint density at radius 1 is 1.25 bits per heavy atom. The van der Waals surface area contributed by atoms with Gasteiger partial charge in [-0.2, -0.15) is 0 Å². The predicted molar refractivity (Wildman–Crippen MR) is 101 cm³/mol. The summed E-state index contributed by atoms with van der Waals surface area (Å²) >= 11 is 0. The summed E-state index contributed by atoms with van der Waals surface area (Å²) in [5, 5.41) is 6.52. The first kappa shape index (κ1) is 20.8. The number of aryl methyl sites for hydroxylation is 1. The van der Waals surface area contributed by atoms with Gasteiger partial charge in [-0.15, -0.1) is 12.4 Å². The topological polar surface area (TPSA) is 50.4 Å². The van der Waals surface area contributed by atoms with Crippen LogP contribution in [0.2, 0.25) is 0 Å². The zero-order valence-electron chi connectivity index (χ0n) is 14.8. The van der Waals surface area contributed by atoms with Crippen LogP contribution in [0.3, 0.4) is 0 Å². The second-order valence-electron chi connectivity index (χ2n) is 6.55. The molecule has 1 saturated heterocycles. The maximum absolute atomic E-state index is 12.0. The van der Waals surface area contributed by atoms with Gasteiger partial charge in [-0.3, -0.25) is 4.79 Å². The lowest BCUT2D eigenvalue weighted by atomic mass is 9.94. The van der Waals surface area contributed by atoms with Crippen LogP contribution in [0, 0.1) is 5.92 Å². The fourth-order valence-corrected chi connectivity index (χ4v) is 3.05. The molecule has 1 aromatic carbocycles. The van der Waals surface area contributed by atoms with E-state index in [4.69, 9.17) is 4.74 Å². The summed E-state index contributed by atoms with van der Waals surface area (Å²) in [6.45, 7) is 4.20. The Labute approximate surface area is 152 Å². The lowest BCUT2D eigenvalue weighted by Gasteiger charge is -2.30. The highest BCUT2D eigenvalue weighted by Crippen LogP contribution is 2.14. The Hall–Kier alpha value is -1.26. The summed E-state index contributed by atoms with van der Waals surface area (Å²) in [5.74, 6) is 1.68. The number of ether oxygens (including phenoxy) is 1. The van der Waals surface area contributed by atoms with Crippen LogP contribution in [0.25, 0.3) is 0 Å². The molecule has 1 aliphatic heterocycles. The van der Waals surface area contributed by atoms with E-state index < -0.39 is 0 Å². The fraction of sp³-hybridized carbons (Fsp3) is 0.632. The first-order valence-electron chi connectivity index (χ1n) is 8.82. The van der Waals surface area contributed by atoms with Crippen LogP contribution < -0.4 is 15.4 Å². The summed E-state index contributed by atoms with van der Waals surface area (Å²) in [6.07, 6.45) is 6.04. The van der Waals surface area contributed by atoms with Gasteiger partial charge in [0.1, 0.15) is 5.75 Å². The Kier molecular flexibility index (Phi) is 9.80. The molecule has 5 heteroatoms. The second-order valence-corrected chi connectivity index (χ2v) is 6.55. The summed E-state index contributed by atoms with van der Waals surface area (Å²) in [5.41, 5.74) is 1.33. The molecule has 4 nitrogen and oxygen atoms in total. The normalized spacial score (nSPS) is 20.1. The number of halogens is 1. The van der Waals surface area contributed by atoms with Crippen LogP contribution in [0.1, 0.15) is 44.6 Å². The number of unbranched alkanes of at least 4 members (excludes halogenated alkanes) is 2. The van der Waals surface area contributed by atoms with Crippen molar-refractivity contribution in [2.24, 2.45) is 5.92 Å². The molecular formula is C19H31ClN2O2. The van der Waals surface area contributed by atoms with Crippen LogP contribution in [0.15, 0.2) is 24.3 Å². The average Bonchev–Trinajstić information content (AvgIpc) is 2.57. The minimum Gasteiger partial charge on any atom is -0.497 e. The maximum atomic E-state index is 12.0. The average molecular weight is 355 g/mol. The van der Waals surface area contributed by atoms with E-state index in [9.17, 15) is 4.79 Å². The van der Waals surface area contributed by atoms with Gasteiger partial charge in [0, 0.05) is 19.0 Å². The summed E-state index contributed by atoms with van der Waals surface area (Å²) in [7, 11) is 1.68. The molecule has 1 amide bonds. The molecule has 0 spiro atoms. The van der Waals surface area contributed by atoms with Crippen molar-refractivity contribution in [2.45, 2.75) is 51.5 Å². The minimum atomic E-state index is 0. The van der Waals surface area contributed by atoms with Crippen LogP contribution in [-0.2, 0) is 11.2 Å². The first-order valence-corrected chi connectivity index (χ1v) is 8.82. The monoisotopic (exact) mass is 354 g/mol. The van der Waals surface area contributed by atoms with Crippen LogP contribution in [0.5, 0.6) is 5.75 Å². The molecule has 0 aromatic heterocycles. The van der Waals surface area contributed by atoms with Crippen molar-refractivity contribution >= 4 is 18.3 Å². The van der Waals surface area contributed by atoms with Gasteiger partial charge in [0.2, 0.25) is 5.91 Å². The summed E-state index contributed by atoms with van der Waals surface area (Å²) in [4.78, 5) is 12.0. The summed E-state index contributed by atoms with van der Waals surface area (Å²) in [6, 6.07) is 8.53. The Bertz CT molecular complexity index is 479. The Morgan fingerprint density at radius 3 is 2.67 bits per heavy atom. The number of amides is 1. The maximum Gasteiger partial charge on any atom is 0.220 e. The lowest BCUT2D eigenvalue weighted by molar-refractivity contribution is -0.122. The van der Waals surface area contributed by atoms with E-state index in [1.807, 2.05) is 12.1 Å². The van der Waals surface area contributed by atoms with E-state index in [0.717, 1.165) is 50.9 Å². The van der Waals surface area contributed by atoms with Gasteiger partial charge >= 0.3 is 0 Å². The quantitative estimate of drug-likeness (QED) is 0.704. The Morgan fingerprint density at radius 2 is 2.00 bits per heavy atom. The number of carbonyl (C=O) groups is 1. The van der Waals surface area contributed by atoms with Crippen molar-refractivity contribution in [3.05, 3.63) is 29.8 Å². The molecule has 0 bridgehead atoms. The standard InChI is InChI=1S/C19H30N2O2.ClH/c1-15-12-13-20-14-18(15)21-19(22)7-5-3-4-6-16-8-10-17(23-2)11-9-16;/h8-11,15,18,20H,3-7,12-14H2,1-2H3,(H,21,22);1H. The largest absolute Gasteiger partial charge is 0.497 e. The molecule has 0 saturated carbocycles. The third-order valence-corrected chi connectivity index (χ3v) is 4.70. The van der Waals surface area contributed by atoms with Crippen molar-refractivity contribution in [1.82, 2.24) is 10.6 Å². The van der Waals surface area contributed by atoms with Crippen molar-refractivity contribution in [1.29, 1.82) is 0 Å². The molecule has 1 fully saturated rings. The molecule has 1 aliphatic rings. The number of rotatable bonds is 8. The number of nitrogens with one attached hydrogen (secondary N) is 2. The van der Waals surface area contributed by atoms with E-state index >= 15 is 0 Å². The molecule has 0 radical (unpaired) electrons. The number of hydrogen-bond donors (Lipinski definition) is 2. The van der Waals surface area contributed by atoms with Gasteiger partial charge in [0.25, 0.3) is 0 Å². The first-order chi connectivity index (χ1) is 11.2. The van der Waals surface area contributed by atoms with Gasteiger partial charge in [-0.05, 0) is 55.8 Å². The zero-order chi connectivity index (χ0) is 16.5. The molecule has 2 unspecified atom stereocenters. The minimum absolute atomic E-state index is 0. The summed E-state index contributed by atoms with van der Waals surface area (Å²) < 4.78 is 5.16. The van der Waals surface area contributed by atoms with E-state index in [1.54, 1.807) is 7.11 Å². The molecular weight excluding hydrogens is 324 g/mol. The van der Waals surface area contributed by atoms with E-state index in [2.05, 4.69) is 29.7 Å². The van der Waals surface area contributed by atoms with E-state index in [1.165, 1.54) is 5.56 Å². The van der Waals surface area contributed by atoms with Gasteiger partial charge in [-0.1, -0.05) is 25.5 Å². The fourth-order valence-electron chi connectivity index (χ4n) is 3.05. The highest BCUT2D eigenvalue weighted by atomic mass is 35.5. The number of hydrogen-bond acceptors (Lipinski definition) is 3. The molecule has 0 aliphatic carbocycles. The van der Waals surface area contributed by atoms with Gasteiger partial charge in [0.15, 0.2) is 0 Å². The smallest absolute Gasteiger partial charge is 0.220 e. The van der Waals surface area contributed by atoms with Crippen LogP contribution in [-0.4, -0.2) is 32.1 Å². The van der Waals surface area contributed by atoms with E-state index in [0.29, 0.717) is 18.4 Å². The number of piperidine rings is 1. The molecule has 1 aromatic rings.